The van der Waals surface area contributed by atoms with Gasteiger partial charge in [-0.15, -0.1) is 0 Å². The number of nitrogens with zero attached hydrogens (tertiary/aromatic N) is 2. The van der Waals surface area contributed by atoms with Crippen LogP contribution in [0.4, 0.5) is 0 Å². The lowest BCUT2D eigenvalue weighted by atomic mass is 9.68. The maximum absolute atomic E-state index is 9.31. The molecule has 1 aliphatic carbocycles. The summed E-state index contributed by atoms with van der Waals surface area (Å²) in [5.41, 5.74) is -0.540. The molecule has 2 aliphatic rings. The largest absolute Gasteiger partial charge is 0.375 e. The summed E-state index contributed by atoms with van der Waals surface area (Å²) in [6.45, 7) is 0.393. The second kappa shape index (κ2) is 4.94. The highest BCUT2D eigenvalue weighted by atomic mass is 16.5. The monoisotopic (exact) mass is 260 g/mol. The first-order valence-corrected chi connectivity index (χ1v) is 6.67. The number of hydrogen-bond donors (Lipinski definition) is 0. The number of nitriles is 1. The average molecular weight is 260 g/mol. The molecule has 1 saturated carbocycles. The second-order valence-corrected chi connectivity index (χ2v) is 5.50. The zero-order chi connectivity index (χ0) is 16.8. The molecule has 0 aromatic carbocycles. The molecule has 2 heterocycles. The van der Waals surface area contributed by atoms with E-state index in [0.717, 1.165) is 5.69 Å². The van der Waals surface area contributed by atoms with Crippen LogP contribution in [0.15, 0.2) is 24.4 Å². The maximum atomic E-state index is 9.31. The SMILES string of the molecule is [2H]C1([2H])CC2(CC1([2H])[2H])C[C@](CC#N)(c1ccccn1)CCO2. The molecule has 1 aromatic heterocycles. The fourth-order valence-corrected chi connectivity index (χ4v) is 3.24. The molecule has 0 unspecified atom stereocenters. The molecule has 1 spiro atoms. The number of pyridine rings is 1. The quantitative estimate of drug-likeness (QED) is 0.819. The van der Waals surface area contributed by atoms with E-state index in [2.05, 4.69) is 11.1 Å². The minimum Gasteiger partial charge on any atom is -0.375 e. The van der Waals surface area contributed by atoms with Crippen LogP contribution in [0.25, 0.3) is 0 Å². The molecule has 3 rings (SSSR count). The van der Waals surface area contributed by atoms with Gasteiger partial charge in [0, 0.05) is 35.8 Å². The molecule has 2 fully saturated rings. The number of aromatic nitrogens is 1. The second-order valence-electron chi connectivity index (χ2n) is 5.50. The highest BCUT2D eigenvalue weighted by molar-refractivity contribution is 5.22. The number of ether oxygens (including phenoxy) is 1. The van der Waals surface area contributed by atoms with Crippen LogP contribution < -0.4 is 0 Å². The maximum Gasteiger partial charge on any atom is 0.0692 e. The molecule has 1 saturated heterocycles. The first-order valence-electron chi connectivity index (χ1n) is 8.67. The van der Waals surface area contributed by atoms with Crippen molar-refractivity contribution in [3.63, 3.8) is 0 Å². The van der Waals surface area contributed by atoms with Crippen molar-refractivity contribution in [2.75, 3.05) is 6.61 Å². The van der Waals surface area contributed by atoms with E-state index in [4.69, 9.17) is 10.2 Å². The Balaban J connectivity index is 1.98. The van der Waals surface area contributed by atoms with Gasteiger partial charge in [0.25, 0.3) is 0 Å². The van der Waals surface area contributed by atoms with E-state index in [9.17, 15) is 5.26 Å². The summed E-state index contributed by atoms with van der Waals surface area (Å²) in [7, 11) is 0. The predicted molar refractivity (Wildman–Crippen MR) is 72.5 cm³/mol. The van der Waals surface area contributed by atoms with E-state index in [1.807, 2.05) is 18.2 Å². The molecule has 0 radical (unpaired) electrons. The third kappa shape index (κ3) is 2.26. The Morgan fingerprint density at radius 1 is 1.37 bits per heavy atom. The van der Waals surface area contributed by atoms with E-state index in [1.165, 1.54) is 0 Å². The van der Waals surface area contributed by atoms with E-state index in [1.54, 1.807) is 6.20 Å². The number of rotatable bonds is 2. The molecule has 0 N–H and O–H groups in total. The van der Waals surface area contributed by atoms with Crippen LogP contribution in [0.1, 0.15) is 56.0 Å². The summed E-state index contributed by atoms with van der Waals surface area (Å²) in [6.07, 6.45) is -0.750. The Morgan fingerprint density at radius 2 is 2.21 bits per heavy atom. The van der Waals surface area contributed by atoms with Crippen molar-refractivity contribution in [1.29, 1.82) is 5.26 Å². The van der Waals surface area contributed by atoms with Gasteiger partial charge in [-0.1, -0.05) is 18.8 Å². The van der Waals surface area contributed by atoms with Gasteiger partial charge in [0.05, 0.1) is 11.7 Å². The van der Waals surface area contributed by atoms with Gasteiger partial charge in [0.2, 0.25) is 0 Å². The number of hydrogen-bond acceptors (Lipinski definition) is 3. The highest BCUT2D eigenvalue weighted by Gasteiger charge is 2.48. The third-order valence-electron chi connectivity index (χ3n) is 4.22. The zero-order valence-corrected chi connectivity index (χ0v) is 10.9. The van der Waals surface area contributed by atoms with Crippen molar-refractivity contribution in [2.24, 2.45) is 0 Å². The minimum absolute atomic E-state index is 0.0208. The van der Waals surface area contributed by atoms with Gasteiger partial charge in [-0.05, 0) is 37.8 Å². The molecule has 1 aliphatic heterocycles. The molecule has 0 bridgehead atoms. The van der Waals surface area contributed by atoms with Crippen molar-refractivity contribution < 1.29 is 10.2 Å². The summed E-state index contributed by atoms with van der Waals surface area (Å²) in [6, 6.07) is 7.85. The van der Waals surface area contributed by atoms with Gasteiger partial charge in [0.1, 0.15) is 0 Å². The molecule has 1 atom stereocenters. The van der Waals surface area contributed by atoms with Crippen LogP contribution in [-0.4, -0.2) is 17.2 Å². The first kappa shape index (κ1) is 8.71. The molecule has 3 nitrogen and oxygen atoms in total. The van der Waals surface area contributed by atoms with Gasteiger partial charge in [-0.25, -0.2) is 0 Å². The minimum atomic E-state index is -1.92. The molecule has 0 amide bonds. The summed E-state index contributed by atoms with van der Waals surface area (Å²) in [5, 5.41) is 9.31. The lowest BCUT2D eigenvalue weighted by Gasteiger charge is -2.45. The standard InChI is InChI=1S/C16H20N2O/c17-10-8-15(14-5-1-4-11-18-14)9-12-19-16(13-15)6-2-3-7-16/h1,4-5,11H,2-3,6-9,12-13H2/t15-/m1/s1/i2D2,3D2. The fourth-order valence-electron chi connectivity index (χ4n) is 3.24. The van der Waals surface area contributed by atoms with E-state index < -0.39 is 23.8 Å². The third-order valence-corrected chi connectivity index (χ3v) is 4.22. The van der Waals surface area contributed by atoms with Crippen molar-refractivity contribution in [3.8, 4) is 6.07 Å². The molecule has 3 heteroatoms. The van der Waals surface area contributed by atoms with Crippen LogP contribution in [0.3, 0.4) is 0 Å². The van der Waals surface area contributed by atoms with Crippen molar-refractivity contribution in [1.82, 2.24) is 4.98 Å². The van der Waals surface area contributed by atoms with Crippen molar-refractivity contribution >= 4 is 0 Å². The molecule has 1 aromatic rings. The van der Waals surface area contributed by atoms with E-state index >= 15 is 0 Å². The van der Waals surface area contributed by atoms with Gasteiger partial charge >= 0.3 is 0 Å². The van der Waals surface area contributed by atoms with E-state index in [-0.39, 0.29) is 19.3 Å². The molecular weight excluding hydrogens is 236 g/mol. The van der Waals surface area contributed by atoms with Gasteiger partial charge in [0.15, 0.2) is 0 Å². The Labute approximate surface area is 120 Å². The Bertz CT molecular complexity index is 613. The van der Waals surface area contributed by atoms with Crippen LogP contribution in [-0.2, 0) is 10.2 Å². The summed E-state index contributed by atoms with van der Waals surface area (Å²) in [4.78, 5) is 4.43. The van der Waals surface area contributed by atoms with E-state index in [0.29, 0.717) is 19.4 Å². The van der Waals surface area contributed by atoms with Crippen molar-refractivity contribution in [2.45, 2.75) is 55.9 Å². The summed E-state index contributed by atoms with van der Waals surface area (Å²) < 4.78 is 38.0. The summed E-state index contributed by atoms with van der Waals surface area (Å²) in [5.74, 6) is 0. The molecule has 19 heavy (non-hydrogen) atoms. The Hall–Kier alpha value is -1.40. The van der Waals surface area contributed by atoms with Crippen LogP contribution >= 0.6 is 0 Å². The topological polar surface area (TPSA) is 45.9 Å². The Kier molecular flexibility index (Phi) is 2.26. The van der Waals surface area contributed by atoms with Crippen LogP contribution in [0.2, 0.25) is 0 Å². The fraction of sp³-hybridized carbons (Fsp3) is 0.625. The highest BCUT2D eigenvalue weighted by Crippen LogP contribution is 2.49. The van der Waals surface area contributed by atoms with Gasteiger partial charge in [-0.3, -0.25) is 4.98 Å². The average Bonchev–Trinajstić information content (AvgIpc) is 2.64. The van der Waals surface area contributed by atoms with Crippen molar-refractivity contribution in [3.05, 3.63) is 30.1 Å². The first-order chi connectivity index (χ1) is 10.7. The zero-order valence-electron chi connectivity index (χ0n) is 14.9. The van der Waals surface area contributed by atoms with Crippen LogP contribution in [0, 0.1) is 11.3 Å². The summed E-state index contributed by atoms with van der Waals surface area (Å²) >= 11 is 0. The normalized spacial score (nSPS) is 37.6. The molecular formula is C16H20N2O. The van der Waals surface area contributed by atoms with Crippen LogP contribution in [0.5, 0.6) is 0 Å². The Morgan fingerprint density at radius 3 is 2.89 bits per heavy atom. The van der Waals surface area contributed by atoms with Gasteiger partial charge < -0.3 is 4.74 Å². The smallest absolute Gasteiger partial charge is 0.0692 e. The lowest BCUT2D eigenvalue weighted by Crippen LogP contribution is -2.46. The predicted octanol–water partition coefficient (Wildman–Crippen LogP) is 3.36. The lowest BCUT2D eigenvalue weighted by molar-refractivity contribution is -0.102. The van der Waals surface area contributed by atoms with Gasteiger partial charge in [-0.2, -0.15) is 5.26 Å². The molecule has 100 valence electrons.